The van der Waals surface area contributed by atoms with Crippen molar-refractivity contribution in [2.75, 3.05) is 13.2 Å². The monoisotopic (exact) mass is 1100 g/mol. The normalized spacial score (nSPS) is 12.8. The SMILES string of the molecule is CC/C=C\C/C=C\C/C=C\C/C=C\C/C=C\C/C=C\C/C=C\CCCCCCCC(=O)OCC(COC(=O)CCCCCCC/C=C\C/C=C\CCCCC)OC(=O)CCCCCCCCCCCCCCCCCCCCC. The number of carbonyl (C=O) groups excluding carboxylic acids is 3. The van der Waals surface area contributed by atoms with Crippen LogP contribution in [0.15, 0.2) is 109 Å². The Bertz CT molecular complexity index is 1590. The highest BCUT2D eigenvalue weighted by Crippen LogP contribution is 2.17. The first kappa shape index (κ1) is 75.1. The van der Waals surface area contributed by atoms with Crippen LogP contribution in [0.25, 0.3) is 0 Å². The van der Waals surface area contributed by atoms with Crippen molar-refractivity contribution in [2.24, 2.45) is 0 Å². The van der Waals surface area contributed by atoms with Gasteiger partial charge >= 0.3 is 17.9 Å². The summed E-state index contributed by atoms with van der Waals surface area (Å²) in [6.07, 6.45) is 90.9. The van der Waals surface area contributed by atoms with Gasteiger partial charge in [-0.3, -0.25) is 14.4 Å². The Hall–Kier alpha value is -3.93. The van der Waals surface area contributed by atoms with Crippen molar-refractivity contribution in [1.29, 1.82) is 0 Å². The second-order valence-electron chi connectivity index (χ2n) is 22.0. The Morgan fingerprint density at radius 2 is 0.494 bits per heavy atom. The fraction of sp³-hybridized carbons (Fsp3) is 0.712. The standard InChI is InChI=1S/C73H124O6/c1-4-7-10-13-16-19-22-25-28-30-32-33-34-35-36-37-38-39-41-42-45-48-51-54-57-60-63-66-72(75)78-69-70(68-77-71(74)65-62-59-56-53-50-47-44-27-24-21-18-15-12-9-6-3)79-73(76)67-64-61-58-55-52-49-46-43-40-31-29-26-23-20-17-14-11-8-5-2/h7,10,16,18-19,21,25,27-28,32-33,35-36,38-39,42,44-45,70H,4-6,8-9,11-15,17,20,22-24,26,29-31,34,37,40-41,43,46-69H2,1-3H3/b10-7-,19-16-,21-18-,28-25-,33-32-,36-35-,39-38-,44-27-,45-42-. The molecule has 0 saturated carbocycles. The third-order valence-corrected chi connectivity index (χ3v) is 14.3. The molecule has 0 rings (SSSR count). The number of carbonyl (C=O) groups is 3. The van der Waals surface area contributed by atoms with Crippen LogP contribution in [0.5, 0.6) is 0 Å². The van der Waals surface area contributed by atoms with E-state index in [-0.39, 0.29) is 31.1 Å². The van der Waals surface area contributed by atoms with E-state index in [1.54, 1.807) is 0 Å². The summed E-state index contributed by atoms with van der Waals surface area (Å²) in [4.78, 5) is 38.4. The lowest BCUT2D eigenvalue weighted by Crippen LogP contribution is -2.30. The topological polar surface area (TPSA) is 78.9 Å². The maximum absolute atomic E-state index is 12.9. The molecule has 0 heterocycles. The summed E-state index contributed by atoms with van der Waals surface area (Å²) in [5.41, 5.74) is 0. The number of esters is 3. The molecule has 452 valence electrons. The van der Waals surface area contributed by atoms with Crippen molar-refractivity contribution in [3.63, 3.8) is 0 Å². The van der Waals surface area contributed by atoms with E-state index in [4.69, 9.17) is 14.2 Å². The van der Waals surface area contributed by atoms with E-state index in [1.165, 1.54) is 128 Å². The molecular weight excluding hydrogens is 973 g/mol. The third-order valence-electron chi connectivity index (χ3n) is 14.3. The quantitative estimate of drug-likeness (QED) is 0.0261. The van der Waals surface area contributed by atoms with Crippen molar-refractivity contribution in [3.8, 4) is 0 Å². The molecule has 0 aliphatic carbocycles. The van der Waals surface area contributed by atoms with Gasteiger partial charge < -0.3 is 14.2 Å². The molecule has 79 heavy (non-hydrogen) atoms. The lowest BCUT2D eigenvalue weighted by molar-refractivity contribution is -0.167. The molecule has 0 aromatic carbocycles. The Kier molecular flexibility index (Phi) is 63.3. The van der Waals surface area contributed by atoms with Crippen molar-refractivity contribution in [2.45, 2.75) is 322 Å². The van der Waals surface area contributed by atoms with Crippen LogP contribution in [0.3, 0.4) is 0 Å². The molecule has 0 radical (unpaired) electrons. The summed E-state index contributed by atoms with van der Waals surface area (Å²) in [5.74, 6) is -0.910. The third kappa shape index (κ3) is 64.8. The van der Waals surface area contributed by atoms with E-state index in [2.05, 4.69) is 130 Å². The average Bonchev–Trinajstić information content (AvgIpc) is 3.45. The highest BCUT2D eigenvalue weighted by molar-refractivity contribution is 5.71. The van der Waals surface area contributed by atoms with E-state index in [0.717, 1.165) is 148 Å². The Morgan fingerprint density at radius 1 is 0.266 bits per heavy atom. The summed E-state index contributed by atoms with van der Waals surface area (Å²) in [5, 5.41) is 0. The van der Waals surface area contributed by atoms with E-state index in [0.29, 0.717) is 19.3 Å². The summed E-state index contributed by atoms with van der Waals surface area (Å²) in [6, 6.07) is 0. The maximum Gasteiger partial charge on any atom is 0.306 e. The van der Waals surface area contributed by atoms with Gasteiger partial charge in [-0.1, -0.05) is 297 Å². The van der Waals surface area contributed by atoms with E-state index in [1.807, 2.05) is 0 Å². The molecule has 0 aliphatic heterocycles. The van der Waals surface area contributed by atoms with Crippen molar-refractivity contribution in [3.05, 3.63) is 109 Å². The van der Waals surface area contributed by atoms with Gasteiger partial charge in [0.25, 0.3) is 0 Å². The first-order chi connectivity index (χ1) is 39.0. The number of rotatable bonds is 60. The number of hydrogen-bond acceptors (Lipinski definition) is 6. The van der Waals surface area contributed by atoms with Gasteiger partial charge in [-0.2, -0.15) is 0 Å². The first-order valence-corrected chi connectivity index (χ1v) is 33.4. The largest absolute Gasteiger partial charge is 0.462 e. The second kappa shape index (κ2) is 66.6. The van der Waals surface area contributed by atoms with Crippen LogP contribution in [0.2, 0.25) is 0 Å². The summed E-state index contributed by atoms with van der Waals surface area (Å²) < 4.78 is 16.9. The Balaban J connectivity index is 4.40. The van der Waals surface area contributed by atoms with Crippen LogP contribution in [0, 0.1) is 0 Å². The van der Waals surface area contributed by atoms with Crippen LogP contribution in [0.4, 0.5) is 0 Å². The lowest BCUT2D eigenvalue weighted by Gasteiger charge is -2.18. The minimum Gasteiger partial charge on any atom is -0.462 e. The van der Waals surface area contributed by atoms with Gasteiger partial charge in [0, 0.05) is 19.3 Å². The minimum atomic E-state index is -0.794. The van der Waals surface area contributed by atoms with E-state index in [9.17, 15) is 14.4 Å². The summed E-state index contributed by atoms with van der Waals surface area (Å²) in [6.45, 7) is 6.51. The number of hydrogen-bond donors (Lipinski definition) is 0. The second-order valence-corrected chi connectivity index (χ2v) is 22.0. The Morgan fingerprint density at radius 3 is 0.797 bits per heavy atom. The Labute approximate surface area is 489 Å². The molecule has 6 heteroatoms. The van der Waals surface area contributed by atoms with Crippen molar-refractivity contribution in [1.82, 2.24) is 0 Å². The predicted molar refractivity (Wildman–Crippen MR) is 343 cm³/mol. The molecule has 0 amide bonds. The highest BCUT2D eigenvalue weighted by atomic mass is 16.6. The average molecular weight is 1100 g/mol. The minimum absolute atomic E-state index is 0.0901. The van der Waals surface area contributed by atoms with Crippen LogP contribution in [-0.4, -0.2) is 37.2 Å². The zero-order chi connectivity index (χ0) is 57.1. The molecule has 1 atom stereocenters. The van der Waals surface area contributed by atoms with Crippen LogP contribution >= 0.6 is 0 Å². The summed E-state index contributed by atoms with van der Waals surface area (Å²) >= 11 is 0. The van der Waals surface area contributed by atoms with Gasteiger partial charge in [0.15, 0.2) is 6.10 Å². The molecule has 0 aliphatic rings. The number of ether oxygens (including phenoxy) is 3. The van der Waals surface area contributed by atoms with Gasteiger partial charge in [-0.15, -0.1) is 0 Å². The lowest BCUT2D eigenvalue weighted by atomic mass is 10.0. The molecule has 1 unspecified atom stereocenters. The van der Waals surface area contributed by atoms with Gasteiger partial charge in [-0.25, -0.2) is 0 Å². The molecule has 0 N–H and O–H groups in total. The van der Waals surface area contributed by atoms with E-state index >= 15 is 0 Å². The van der Waals surface area contributed by atoms with Gasteiger partial charge in [-0.05, 0) is 109 Å². The molecule has 0 aromatic heterocycles. The fourth-order valence-corrected chi connectivity index (χ4v) is 9.28. The predicted octanol–water partition coefficient (Wildman–Crippen LogP) is 23.0. The molecule has 0 bridgehead atoms. The zero-order valence-corrected chi connectivity index (χ0v) is 51.9. The smallest absolute Gasteiger partial charge is 0.306 e. The van der Waals surface area contributed by atoms with Crippen molar-refractivity contribution < 1.29 is 28.6 Å². The van der Waals surface area contributed by atoms with Crippen LogP contribution in [-0.2, 0) is 28.6 Å². The molecule has 0 saturated heterocycles. The van der Waals surface area contributed by atoms with Gasteiger partial charge in [0.05, 0.1) is 0 Å². The molecule has 0 aromatic rings. The van der Waals surface area contributed by atoms with E-state index < -0.39 is 6.10 Å². The summed E-state index contributed by atoms with van der Waals surface area (Å²) in [7, 11) is 0. The first-order valence-electron chi connectivity index (χ1n) is 33.4. The van der Waals surface area contributed by atoms with Crippen LogP contribution in [0.1, 0.15) is 316 Å². The molecule has 6 nitrogen and oxygen atoms in total. The van der Waals surface area contributed by atoms with Crippen LogP contribution < -0.4 is 0 Å². The van der Waals surface area contributed by atoms with Crippen molar-refractivity contribution >= 4 is 17.9 Å². The fourth-order valence-electron chi connectivity index (χ4n) is 9.28. The number of allylic oxidation sites excluding steroid dienone is 18. The van der Waals surface area contributed by atoms with Gasteiger partial charge in [0.2, 0.25) is 0 Å². The molecular formula is C73H124O6. The maximum atomic E-state index is 12.9. The number of unbranched alkanes of at least 4 members (excludes halogenated alkanes) is 31. The zero-order valence-electron chi connectivity index (χ0n) is 51.9. The highest BCUT2D eigenvalue weighted by Gasteiger charge is 2.19. The molecule has 0 fully saturated rings. The molecule has 0 spiro atoms. The van der Waals surface area contributed by atoms with Gasteiger partial charge in [0.1, 0.15) is 13.2 Å².